The molecule has 0 saturated heterocycles. The quantitative estimate of drug-likeness (QED) is 0.609. The van der Waals surface area contributed by atoms with Gasteiger partial charge in [-0.15, -0.1) is 0 Å². The van der Waals surface area contributed by atoms with Gasteiger partial charge in [-0.05, 0) is 23.3 Å². The van der Waals surface area contributed by atoms with E-state index >= 15 is 0 Å². The van der Waals surface area contributed by atoms with E-state index in [1.807, 2.05) is 84.9 Å². The number of rotatable bonds is 6. The summed E-state index contributed by atoms with van der Waals surface area (Å²) in [4.78, 5) is 14.8. The number of benzene rings is 3. The predicted octanol–water partition coefficient (Wildman–Crippen LogP) is 4.46. The number of hydrogen-bond acceptors (Lipinski definition) is 3. The summed E-state index contributed by atoms with van der Waals surface area (Å²) in [6, 6.07) is 27.1. The Kier molecular flexibility index (Phi) is 5.69. The van der Waals surface area contributed by atoms with Crippen molar-refractivity contribution in [1.29, 1.82) is 0 Å². The second-order valence-corrected chi connectivity index (χ2v) is 6.17. The van der Waals surface area contributed by atoms with E-state index in [4.69, 9.17) is 9.47 Å². The molecule has 0 fully saturated rings. The van der Waals surface area contributed by atoms with Crippen LogP contribution in [-0.2, 0) is 20.1 Å². The van der Waals surface area contributed by atoms with Crippen LogP contribution in [0, 0.1) is 0 Å². The van der Waals surface area contributed by atoms with Gasteiger partial charge in [0.2, 0.25) is 0 Å². The standard InChI is InChI=1S/C23H23NO3/c1-24(21-12-8-5-9-13-21)22(25)23(26-2,27-3)20-16-14-19(15-17-20)18-10-6-4-7-11-18/h4-17H,1-3H3. The number of ether oxygens (including phenoxy) is 2. The van der Waals surface area contributed by atoms with E-state index in [1.54, 1.807) is 7.05 Å². The summed E-state index contributed by atoms with van der Waals surface area (Å²) in [6.45, 7) is 0. The fourth-order valence-electron chi connectivity index (χ4n) is 3.12. The fraction of sp³-hybridized carbons (Fsp3) is 0.174. The summed E-state index contributed by atoms with van der Waals surface area (Å²) in [5.74, 6) is -1.81. The monoisotopic (exact) mass is 361 g/mol. The zero-order valence-corrected chi connectivity index (χ0v) is 15.8. The summed E-state index contributed by atoms with van der Waals surface area (Å²) in [5, 5.41) is 0. The van der Waals surface area contributed by atoms with Gasteiger partial charge in [-0.1, -0.05) is 72.8 Å². The summed E-state index contributed by atoms with van der Waals surface area (Å²) >= 11 is 0. The maximum atomic E-state index is 13.3. The second-order valence-electron chi connectivity index (χ2n) is 6.17. The maximum absolute atomic E-state index is 13.3. The Morgan fingerprint density at radius 2 is 1.22 bits per heavy atom. The van der Waals surface area contributed by atoms with Gasteiger partial charge in [0.15, 0.2) is 0 Å². The number of methoxy groups -OCH3 is 2. The molecular formula is C23H23NO3. The molecule has 0 bridgehead atoms. The summed E-state index contributed by atoms with van der Waals surface area (Å²) in [7, 11) is 4.67. The summed E-state index contributed by atoms with van der Waals surface area (Å²) in [5.41, 5.74) is 3.57. The molecular weight excluding hydrogens is 338 g/mol. The molecule has 0 aliphatic heterocycles. The van der Waals surface area contributed by atoms with Gasteiger partial charge < -0.3 is 14.4 Å². The first-order chi connectivity index (χ1) is 13.1. The molecule has 1 amide bonds. The molecule has 3 aromatic rings. The zero-order valence-electron chi connectivity index (χ0n) is 15.8. The number of hydrogen-bond donors (Lipinski definition) is 0. The lowest BCUT2D eigenvalue weighted by molar-refractivity contribution is -0.212. The van der Waals surface area contributed by atoms with E-state index in [0.29, 0.717) is 5.56 Å². The van der Waals surface area contributed by atoms with Crippen LogP contribution in [0.4, 0.5) is 5.69 Å². The van der Waals surface area contributed by atoms with Crippen molar-refractivity contribution in [3.05, 3.63) is 90.5 Å². The number of amides is 1. The molecule has 4 heteroatoms. The highest BCUT2D eigenvalue weighted by Crippen LogP contribution is 2.32. The first-order valence-corrected chi connectivity index (χ1v) is 8.72. The molecule has 0 saturated carbocycles. The predicted molar refractivity (Wildman–Crippen MR) is 107 cm³/mol. The first-order valence-electron chi connectivity index (χ1n) is 8.72. The van der Waals surface area contributed by atoms with Crippen molar-refractivity contribution in [2.24, 2.45) is 0 Å². The maximum Gasteiger partial charge on any atom is 0.292 e. The molecule has 0 atom stereocenters. The van der Waals surface area contributed by atoms with Crippen LogP contribution in [0.1, 0.15) is 5.56 Å². The Morgan fingerprint density at radius 3 is 1.74 bits per heavy atom. The summed E-state index contributed by atoms with van der Waals surface area (Å²) in [6.07, 6.45) is 0. The van der Waals surface area contributed by atoms with Gasteiger partial charge in [0.05, 0.1) is 0 Å². The van der Waals surface area contributed by atoms with Crippen molar-refractivity contribution < 1.29 is 14.3 Å². The van der Waals surface area contributed by atoms with Gasteiger partial charge in [-0.2, -0.15) is 0 Å². The molecule has 4 nitrogen and oxygen atoms in total. The van der Waals surface area contributed by atoms with Gasteiger partial charge in [-0.3, -0.25) is 4.79 Å². The van der Waals surface area contributed by atoms with E-state index in [0.717, 1.165) is 16.8 Å². The Balaban J connectivity index is 1.95. The van der Waals surface area contributed by atoms with Gasteiger partial charge in [0.25, 0.3) is 11.7 Å². The van der Waals surface area contributed by atoms with Crippen LogP contribution in [0.25, 0.3) is 11.1 Å². The Bertz CT molecular complexity index is 873. The Labute approximate surface area is 160 Å². The number of likely N-dealkylation sites (N-methyl/N-ethyl adjacent to an activating group) is 1. The SMILES string of the molecule is COC(OC)(C(=O)N(C)c1ccccc1)c1ccc(-c2ccccc2)cc1. The second kappa shape index (κ2) is 8.16. The minimum absolute atomic E-state index is 0.300. The Morgan fingerprint density at radius 1 is 0.741 bits per heavy atom. The first kappa shape index (κ1) is 18.8. The third-order valence-corrected chi connectivity index (χ3v) is 4.68. The average molecular weight is 361 g/mol. The van der Waals surface area contributed by atoms with Crippen molar-refractivity contribution in [1.82, 2.24) is 0 Å². The van der Waals surface area contributed by atoms with Crippen LogP contribution in [0.3, 0.4) is 0 Å². The number of para-hydroxylation sites is 1. The van der Waals surface area contributed by atoms with Crippen LogP contribution in [0.15, 0.2) is 84.9 Å². The average Bonchev–Trinajstić information content (AvgIpc) is 2.76. The highest BCUT2D eigenvalue weighted by atomic mass is 16.7. The number of anilines is 1. The highest BCUT2D eigenvalue weighted by molar-refractivity contribution is 5.98. The Hall–Kier alpha value is -2.95. The van der Waals surface area contributed by atoms with Crippen LogP contribution < -0.4 is 4.90 Å². The lowest BCUT2D eigenvalue weighted by Crippen LogP contribution is -2.48. The summed E-state index contributed by atoms with van der Waals surface area (Å²) < 4.78 is 11.2. The molecule has 0 radical (unpaired) electrons. The molecule has 0 heterocycles. The molecule has 0 N–H and O–H groups in total. The molecule has 3 rings (SSSR count). The molecule has 0 aliphatic carbocycles. The van der Waals surface area contributed by atoms with Gasteiger partial charge in [-0.25, -0.2) is 0 Å². The van der Waals surface area contributed by atoms with Gasteiger partial charge in [0, 0.05) is 32.5 Å². The largest absolute Gasteiger partial charge is 0.342 e. The number of nitrogens with zero attached hydrogens (tertiary/aromatic N) is 1. The van der Waals surface area contributed by atoms with E-state index < -0.39 is 5.79 Å². The third-order valence-electron chi connectivity index (χ3n) is 4.68. The zero-order chi connectivity index (χ0) is 19.3. The van der Waals surface area contributed by atoms with E-state index in [1.165, 1.54) is 19.1 Å². The van der Waals surface area contributed by atoms with Crippen molar-refractivity contribution in [3.8, 4) is 11.1 Å². The normalized spacial score (nSPS) is 11.2. The molecule has 0 unspecified atom stereocenters. The van der Waals surface area contributed by atoms with E-state index in [2.05, 4.69) is 0 Å². The van der Waals surface area contributed by atoms with Gasteiger partial charge >= 0.3 is 0 Å². The third kappa shape index (κ3) is 3.63. The topological polar surface area (TPSA) is 38.8 Å². The highest BCUT2D eigenvalue weighted by Gasteiger charge is 2.43. The molecule has 0 aromatic heterocycles. The van der Waals surface area contributed by atoms with Crippen molar-refractivity contribution in [3.63, 3.8) is 0 Å². The van der Waals surface area contributed by atoms with Crippen LogP contribution in [-0.4, -0.2) is 27.2 Å². The lowest BCUT2D eigenvalue weighted by atomic mass is 9.99. The van der Waals surface area contributed by atoms with Crippen molar-refractivity contribution in [2.45, 2.75) is 5.79 Å². The molecule has 27 heavy (non-hydrogen) atoms. The molecule has 0 spiro atoms. The van der Waals surface area contributed by atoms with Crippen LogP contribution in [0.2, 0.25) is 0 Å². The van der Waals surface area contributed by atoms with Crippen molar-refractivity contribution >= 4 is 11.6 Å². The molecule has 3 aromatic carbocycles. The van der Waals surface area contributed by atoms with Crippen LogP contribution >= 0.6 is 0 Å². The minimum Gasteiger partial charge on any atom is -0.342 e. The van der Waals surface area contributed by atoms with Crippen LogP contribution in [0.5, 0.6) is 0 Å². The minimum atomic E-state index is -1.51. The smallest absolute Gasteiger partial charge is 0.292 e. The van der Waals surface area contributed by atoms with E-state index in [9.17, 15) is 4.79 Å². The molecule has 0 aliphatic rings. The number of carbonyl (C=O) groups is 1. The van der Waals surface area contributed by atoms with E-state index in [-0.39, 0.29) is 5.91 Å². The van der Waals surface area contributed by atoms with Gasteiger partial charge in [0.1, 0.15) is 0 Å². The number of carbonyl (C=O) groups excluding carboxylic acids is 1. The fourth-order valence-corrected chi connectivity index (χ4v) is 3.12. The molecule has 138 valence electrons. The lowest BCUT2D eigenvalue weighted by Gasteiger charge is -2.33. The van der Waals surface area contributed by atoms with Crippen molar-refractivity contribution in [2.75, 3.05) is 26.2 Å².